The first-order valence-electron chi connectivity index (χ1n) is 4.52. The first kappa shape index (κ1) is 10.9. The van der Waals surface area contributed by atoms with Gasteiger partial charge in [-0.1, -0.05) is 0 Å². The quantitative estimate of drug-likeness (QED) is 0.487. The van der Waals surface area contributed by atoms with Crippen molar-refractivity contribution in [1.29, 1.82) is 0 Å². The van der Waals surface area contributed by atoms with Crippen molar-refractivity contribution in [2.45, 2.75) is 19.3 Å². The minimum absolute atomic E-state index is 0.315. The van der Waals surface area contributed by atoms with Gasteiger partial charge in [0.15, 0.2) is 0 Å². The van der Waals surface area contributed by atoms with E-state index >= 15 is 0 Å². The molecule has 0 bridgehead atoms. The van der Waals surface area contributed by atoms with Crippen LogP contribution < -0.4 is 4.72 Å². The lowest BCUT2D eigenvalue weighted by molar-refractivity contribution is 0.333. The van der Waals surface area contributed by atoms with Crippen LogP contribution in [0.5, 0.6) is 0 Å². The minimum Gasteiger partial charge on any atom is -0.303 e. The first-order chi connectivity index (χ1) is 6.08. The number of hydrogen-bond acceptors (Lipinski definition) is 3. The van der Waals surface area contributed by atoms with Crippen molar-refractivity contribution in [3.63, 3.8) is 0 Å². The Morgan fingerprint density at radius 1 is 1.31 bits per heavy atom. The van der Waals surface area contributed by atoms with Crippen molar-refractivity contribution in [3.05, 3.63) is 0 Å². The van der Waals surface area contributed by atoms with E-state index in [2.05, 4.69) is 4.90 Å². The van der Waals surface area contributed by atoms with Gasteiger partial charge < -0.3 is 4.90 Å². The molecule has 1 rings (SSSR count). The van der Waals surface area contributed by atoms with Gasteiger partial charge in [0.1, 0.15) is 0 Å². The molecule has 0 saturated carbocycles. The summed E-state index contributed by atoms with van der Waals surface area (Å²) < 4.78 is 30.9. The lowest BCUT2D eigenvalue weighted by Gasteiger charge is -2.13. The lowest BCUT2D eigenvalue weighted by atomic mass is 10.4. The number of rotatable bonds is 5. The van der Waals surface area contributed by atoms with Crippen LogP contribution in [0.15, 0.2) is 0 Å². The van der Waals surface area contributed by atoms with Crippen LogP contribution in [0.1, 0.15) is 19.3 Å². The molecule has 78 valence electrons. The summed E-state index contributed by atoms with van der Waals surface area (Å²) in [7, 11) is -3.99. The zero-order chi connectivity index (χ0) is 9.73. The van der Waals surface area contributed by atoms with Gasteiger partial charge in [-0.05, 0) is 38.9 Å². The largest absolute Gasteiger partial charge is 0.333 e. The average molecular weight is 208 g/mol. The molecule has 0 aromatic rings. The van der Waals surface area contributed by atoms with E-state index in [0.29, 0.717) is 6.54 Å². The maximum atomic E-state index is 10.3. The van der Waals surface area contributed by atoms with Crippen LogP contribution in [-0.4, -0.2) is 44.0 Å². The highest BCUT2D eigenvalue weighted by Gasteiger charge is 2.10. The molecule has 1 aliphatic rings. The average Bonchev–Trinajstić information content (AvgIpc) is 2.48. The molecule has 0 atom stereocenters. The summed E-state index contributed by atoms with van der Waals surface area (Å²) in [5.41, 5.74) is 0. The van der Waals surface area contributed by atoms with Gasteiger partial charge in [0.25, 0.3) is 0 Å². The molecule has 0 spiro atoms. The summed E-state index contributed by atoms with van der Waals surface area (Å²) in [6, 6.07) is 0. The van der Waals surface area contributed by atoms with Crippen LogP contribution >= 0.6 is 0 Å². The molecule has 0 aromatic carbocycles. The molecule has 1 aliphatic heterocycles. The third-order valence-corrected chi connectivity index (χ3v) is 2.70. The maximum absolute atomic E-state index is 10.3. The van der Waals surface area contributed by atoms with Gasteiger partial charge in [-0.2, -0.15) is 13.1 Å². The Morgan fingerprint density at radius 2 is 1.92 bits per heavy atom. The third-order valence-electron chi connectivity index (χ3n) is 2.13. The standard InChI is InChI=1S/C7H16N2O3S/c10-13(11,12)8-4-3-7-9-5-1-2-6-9/h8H,1-7H2,(H,10,11,12). The molecule has 0 unspecified atom stereocenters. The van der Waals surface area contributed by atoms with E-state index in [1.807, 2.05) is 4.72 Å². The maximum Gasteiger partial charge on any atom is 0.333 e. The second-order valence-electron chi connectivity index (χ2n) is 3.27. The number of likely N-dealkylation sites (tertiary alicyclic amines) is 1. The van der Waals surface area contributed by atoms with E-state index < -0.39 is 10.3 Å². The summed E-state index contributed by atoms with van der Waals surface area (Å²) >= 11 is 0. The summed E-state index contributed by atoms with van der Waals surface area (Å²) in [5, 5.41) is 0. The zero-order valence-electron chi connectivity index (χ0n) is 7.57. The van der Waals surface area contributed by atoms with E-state index in [1.54, 1.807) is 0 Å². The molecule has 1 fully saturated rings. The molecule has 0 radical (unpaired) electrons. The molecule has 6 heteroatoms. The molecule has 2 N–H and O–H groups in total. The van der Waals surface area contributed by atoms with Gasteiger partial charge in [-0.25, -0.2) is 0 Å². The van der Waals surface area contributed by atoms with Crippen LogP contribution in [0.4, 0.5) is 0 Å². The van der Waals surface area contributed by atoms with Crippen molar-refractivity contribution in [2.75, 3.05) is 26.2 Å². The topological polar surface area (TPSA) is 69.6 Å². The zero-order valence-corrected chi connectivity index (χ0v) is 8.39. The van der Waals surface area contributed by atoms with Gasteiger partial charge in [0.05, 0.1) is 0 Å². The number of hydrogen-bond donors (Lipinski definition) is 2. The fourth-order valence-corrected chi connectivity index (χ4v) is 1.91. The monoisotopic (exact) mass is 208 g/mol. The van der Waals surface area contributed by atoms with E-state index in [-0.39, 0.29) is 0 Å². The Labute approximate surface area is 79.0 Å². The molecule has 0 aromatic heterocycles. The van der Waals surface area contributed by atoms with E-state index in [1.165, 1.54) is 12.8 Å². The highest BCUT2D eigenvalue weighted by atomic mass is 32.2. The number of nitrogens with one attached hydrogen (secondary N) is 1. The molecule has 13 heavy (non-hydrogen) atoms. The fraction of sp³-hybridized carbons (Fsp3) is 1.00. The van der Waals surface area contributed by atoms with Crippen LogP contribution in [-0.2, 0) is 10.3 Å². The molecular formula is C7H16N2O3S. The van der Waals surface area contributed by atoms with Crippen molar-refractivity contribution in [1.82, 2.24) is 9.62 Å². The third kappa shape index (κ3) is 5.20. The summed E-state index contributed by atoms with van der Waals surface area (Å²) in [6.07, 6.45) is 3.23. The van der Waals surface area contributed by atoms with Crippen molar-refractivity contribution in [2.24, 2.45) is 0 Å². The normalized spacial score (nSPS) is 19.5. The Bertz CT molecular complexity index is 234. The second kappa shape index (κ2) is 4.90. The fourth-order valence-electron chi connectivity index (χ4n) is 1.51. The Hall–Kier alpha value is -0.170. The van der Waals surface area contributed by atoms with E-state index in [9.17, 15) is 8.42 Å². The van der Waals surface area contributed by atoms with Gasteiger partial charge in [0, 0.05) is 6.54 Å². The second-order valence-corrected chi connectivity index (χ2v) is 4.51. The predicted molar refractivity (Wildman–Crippen MR) is 49.8 cm³/mol. The first-order valence-corrected chi connectivity index (χ1v) is 5.96. The Morgan fingerprint density at radius 3 is 2.46 bits per heavy atom. The van der Waals surface area contributed by atoms with Crippen LogP contribution in [0, 0.1) is 0 Å². The molecular weight excluding hydrogens is 192 g/mol. The van der Waals surface area contributed by atoms with Crippen molar-refractivity contribution in [3.8, 4) is 0 Å². The smallest absolute Gasteiger partial charge is 0.303 e. The van der Waals surface area contributed by atoms with Crippen molar-refractivity contribution < 1.29 is 13.0 Å². The van der Waals surface area contributed by atoms with Crippen molar-refractivity contribution >= 4 is 10.3 Å². The highest BCUT2D eigenvalue weighted by molar-refractivity contribution is 7.83. The van der Waals surface area contributed by atoms with Gasteiger partial charge in [0.2, 0.25) is 0 Å². The lowest BCUT2D eigenvalue weighted by Crippen LogP contribution is -2.28. The van der Waals surface area contributed by atoms with Crippen LogP contribution in [0.2, 0.25) is 0 Å². The van der Waals surface area contributed by atoms with Crippen LogP contribution in [0.25, 0.3) is 0 Å². The van der Waals surface area contributed by atoms with Gasteiger partial charge >= 0.3 is 10.3 Å². The highest BCUT2D eigenvalue weighted by Crippen LogP contribution is 2.06. The number of nitrogens with zero attached hydrogens (tertiary/aromatic N) is 1. The molecule has 0 amide bonds. The summed E-state index contributed by atoms with van der Waals surface area (Å²) in [6.45, 7) is 3.45. The molecule has 1 saturated heterocycles. The van der Waals surface area contributed by atoms with Gasteiger partial charge in [-0.3, -0.25) is 4.55 Å². The van der Waals surface area contributed by atoms with E-state index in [0.717, 1.165) is 26.1 Å². The summed E-state index contributed by atoms with van der Waals surface area (Å²) in [5.74, 6) is 0. The van der Waals surface area contributed by atoms with Crippen LogP contribution in [0.3, 0.4) is 0 Å². The SMILES string of the molecule is O=S(=O)(O)NCCCN1CCCC1. The predicted octanol–water partition coefficient (Wildman–Crippen LogP) is -0.135. The Kier molecular flexibility index (Phi) is 4.11. The Balaban J connectivity index is 2.01. The molecule has 5 nitrogen and oxygen atoms in total. The summed E-state index contributed by atoms with van der Waals surface area (Å²) in [4.78, 5) is 2.30. The van der Waals surface area contributed by atoms with E-state index in [4.69, 9.17) is 4.55 Å². The molecule has 1 heterocycles. The minimum atomic E-state index is -3.99. The molecule has 0 aliphatic carbocycles. The van der Waals surface area contributed by atoms with Gasteiger partial charge in [-0.15, -0.1) is 0 Å².